The molecule has 1 saturated carbocycles. The predicted octanol–water partition coefficient (Wildman–Crippen LogP) is 1.49. The molecule has 21 heavy (non-hydrogen) atoms. The van der Waals surface area contributed by atoms with Crippen LogP contribution in [0.25, 0.3) is 5.78 Å². The van der Waals surface area contributed by atoms with Gasteiger partial charge in [-0.1, -0.05) is 6.92 Å². The van der Waals surface area contributed by atoms with Gasteiger partial charge in [0.05, 0.1) is 5.69 Å². The fourth-order valence-electron chi connectivity index (χ4n) is 2.85. The van der Waals surface area contributed by atoms with Gasteiger partial charge in [-0.2, -0.15) is 4.52 Å². The van der Waals surface area contributed by atoms with Crippen LogP contribution in [0.2, 0.25) is 0 Å². The molecule has 7 nitrogen and oxygen atoms in total. The largest absolute Gasteiger partial charge is 0.320 e. The molecule has 7 heteroatoms. The van der Waals surface area contributed by atoms with Crippen molar-refractivity contribution in [2.75, 3.05) is 5.32 Å². The molecule has 1 aliphatic rings. The van der Waals surface area contributed by atoms with E-state index in [0.717, 1.165) is 25.7 Å². The summed E-state index contributed by atoms with van der Waals surface area (Å²) in [5.41, 5.74) is 0.400. The van der Waals surface area contributed by atoms with Gasteiger partial charge in [-0.25, -0.2) is 9.97 Å². The number of hydrogen-bond donors (Lipinski definition) is 2. The van der Waals surface area contributed by atoms with Crippen molar-refractivity contribution < 1.29 is 4.79 Å². The van der Waals surface area contributed by atoms with E-state index in [1.165, 1.54) is 10.8 Å². The Kier molecular flexibility index (Phi) is 3.48. The number of rotatable bonds is 2. The Morgan fingerprint density at radius 3 is 2.81 bits per heavy atom. The quantitative estimate of drug-likeness (QED) is 0.876. The van der Waals surface area contributed by atoms with E-state index in [0.29, 0.717) is 17.4 Å². The third-order valence-electron chi connectivity index (χ3n) is 4.25. The Balaban J connectivity index is 1.84. The lowest BCUT2D eigenvalue weighted by Crippen LogP contribution is -2.31. The van der Waals surface area contributed by atoms with Crippen LogP contribution in [0.4, 0.5) is 5.69 Å². The molecule has 0 bridgehead atoms. The number of nitrogens with zero attached hydrogens (tertiary/aromatic N) is 3. The number of aryl methyl sites for hydroxylation is 1. The Morgan fingerprint density at radius 2 is 2.10 bits per heavy atom. The normalized spacial score (nSPS) is 22.4. The second-order valence-corrected chi connectivity index (χ2v) is 5.85. The van der Waals surface area contributed by atoms with Crippen LogP contribution in [0.15, 0.2) is 11.1 Å². The molecule has 0 aliphatic heterocycles. The molecule has 2 N–H and O–H groups in total. The van der Waals surface area contributed by atoms with Crippen molar-refractivity contribution in [3.63, 3.8) is 0 Å². The minimum atomic E-state index is -0.326. The minimum absolute atomic E-state index is 0.0116. The Labute approximate surface area is 121 Å². The average molecular weight is 289 g/mol. The van der Waals surface area contributed by atoms with Crippen molar-refractivity contribution in [2.24, 2.45) is 11.8 Å². The third kappa shape index (κ3) is 2.55. The molecule has 2 heterocycles. The zero-order chi connectivity index (χ0) is 15.0. The van der Waals surface area contributed by atoms with Gasteiger partial charge in [-0.05, 0) is 38.5 Å². The van der Waals surface area contributed by atoms with Gasteiger partial charge in [0, 0.05) is 5.92 Å². The van der Waals surface area contributed by atoms with Gasteiger partial charge >= 0.3 is 0 Å². The van der Waals surface area contributed by atoms with Crippen molar-refractivity contribution >= 4 is 17.4 Å². The van der Waals surface area contributed by atoms with E-state index in [2.05, 4.69) is 27.3 Å². The second-order valence-electron chi connectivity index (χ2n) is 5.85. The van der Waals surface area contributed by atoms with Crippen LogP contribution in [0, 0.1) is 18.8 Å². The van der Waals surface area contributed by atoms with Gasteiger partial charge in [0.15, 0.2) is 0 Å². The van der Waals surface area contributed by atoms with Crippen LogP contribution < -0.4 is 10.9 Å². The summed E-state index contributed by atoms with van der Waals surface area (Å²) in [6.07, 6.45) is 5.29. The van der Waals surface area contributed by atoms with Crippen LogP contribution in [-0.2, 0) is 4.79 Å². The highest BCUT2D eigenvalue weighted by Gasteiger charge is 2.25. The van der Waals surface area contributed by atoms with Crippen molar-refractivity contribution in [3.05, 3.63) is 22.4 Å². The molecule has 112 valence electrons. The first-order valence-electron chi connectivity index (χ1n) is 7.30. The first-order valence-corrected chi connectivity index (χ1v) is 7.30. The summed E-state index contributed by atoms with van der Waals surface area (Å²) >= 11 is 0. The monoisotopic (exact) mass is 289 g/mol. The van der Waals surface area contributed by atoms with Crippen molar-refractivity contribution in [3.8, 4) is 0 Å². The predicted molar refractivity (Wildman–Crippen MR) is 78.1 cm³/mol. The SMILES string of the molecule is Cc1nc2nc[nH]n2c(=O)c1NC(=O)C1CCC(C)CC1. The number of hydrogen-bond acceptors (Lipinski definition) is 4. The maximum atomic E-state index is 12.3. The van der Waals surface area contributed by atoms with Gasteiger partial charge < -0.3 is 5.32 Å². The molecule has 0 spiro atoms. The number of fused-ring (bicyclic) bond motifs is 1. The molecular formula is C14H19N5O2. The van der Waals surface area contributed by atoms with Gasteiger partial charge in [0.2, 0.25) is 5.91 Å². The van der Waals surface area contributed by atoms with Crippen molar-refractivity contribution in [1.82, 2.24) is 19.6 Å². The van der Waals surface area contributed by atoms with E-state index in [4.69, 9.17) is 0 Å². The van der Waals surface area contributed by atoms with Gasteiger partial charge in [-0.3, -0.25) is 14.7 Å². The number of anilines is 1. The van der Waals surface area contributed by atoms with Crippen molar-refractivity contribution in [2.45, 2.75) is 39.5 Å². The van der Waals surface area contributed by atoms with Crippen LogP contribution >= 0.6 is 0 Å². The molecule has 1 fully saturated rings. The number of carbonyl (C=O) groups excluding carboxylic acids is 1. The summed E-state index contributed by atoms with van der Waals surface area (Å²) < 4.78 is 1.23. The summed E-state index contributed by atoms with van der Waals surface area (Å²) in [7, 11) is 0. The van der Waals surface area contributed by atoms with E-state index >= 15 is 0 Å². The molecule has 0 radical (unpaired) electrons. The van der Waals surface area contributed by atoms with E-state index in [9.17, 15) is 9.59 Å². The lowest BCUT2D eigenvalue weighted by Gasteiger charge is -2.25. The van der Waals surface area contributed by atoms with Crippen LogP contribution in [0.1, 0.15) is 38.3 Å². The summed E-state index contributed by atoms with van der Waals surface area (Å²) in [5.74, 6) is 0.900. The summed E-state index contributed by atoms with van der Waals surface area (Å²) in [4.78, 5) is 32.8. The van der Waals surface area contributed by atoms with E-state index in [-0.39, 0.29) is 23.1 Å². The van der Waals surface area contributed by atoms with Crippen LogP contribution in [0.3, 0.4) is 0 Å². The number of carbonyl (C=O) groups is 1. The summed E-state index contributed by atoms with van der Waals surface area (Å²) in [6.45, 7) is 3.91. The van der Waals surface area contributed by atoms with Gasteiger partial charge in [0.25, 0.3) is 11.3 Å². The average Bonchev–Trinajstić information content (AvgIpc) is 2.92. The fraction of sp³-hybridized carbons (Fsp3) is 0.571. The summed E-state index contributed by atoms with van der Waals surface area (Å²) in [6, 6.07) is 0. The molecule has 0 saturated heterocycles. The number of amides is 1. The number of aromatic amines is 1. The Hall–Kier alpha value is -2.18. The van der Waals surface area contributed by atoms with Crippen molar-refractivity contribution in [1.29, 1.82) is 0 Å². The molecule has 1 amide bonds. The standard InChI is InChI=1S/C14H19N5O2/c1-8-3-5-10(6-4-8)12(20)18-11-9(2)17-14-15-7-16-19(14)13(11)21/h7-8,10H,3-6H2,1-2H3,(H,18,20)(H,15,16,17). The molecule has 1 aliphatic carbocycles. The van der Waals surface area contributed by atoms with Gasteiger partial charge in [-0.15, -0.1) is 0 Å². The van der Waals surface area contributed by atoms with Crippen LogP contribution in [-0.4, -0.2) is 25.5 Å². The summed E-state index contributed by atoms with van der Waals surface area (Å²) in [5, 5.41) is 5.46. The Morgan fingerprint density at radius 1 is 1.38 bits per heavy atom. The first kappa shape index (κ1) is 13.8. The van der Waals surface area contributed by atoms with Crippen LogP contribution in [0.5, 0.6) is 0 Å². The Bertz CT molecular complexity index is 725. The minimum Gasteiger partial charge on any atom is -0.320 e. The zero-order valence-corrected chi connectivity index (χ0v) is 12.2. The number of nitrogens with one attached hydrogen (secondary N) is 2. The highest BCUT2D eigenvalue weighted by Crippen LogP contribution is 2.29. The third-order valence-corrected chi connectivity index (χ3v) is 4.25. The molecule has 2 aromatic heterocycles. The van der Waals surface area contributed by atoms with E-state index in [1.807, 2.05) is 0 Å². The topological polar surface area (TPSA) is 92.2 Å². The molecule has 0 unspecified atom stereocenters. The van der Waals surface area contributed by atoms with E-state index < -0.39 is 0 Å². The highest BCUT2D eigenvalue weighted by molar-refractivity contribution is 5.92. The maximum absolute atomic E-state index is 12.3. The van der Waals surface area contributed by atoms with Gasteiger partial charge in [0.1, 0.15) is 12.0 Å². The number of H-pyrrole nitrogens is 1. The smallest absolute Gasteiger partial charge is 0.298 e. The number of aromatic nitrogens is 4. The molecule has 2 aromatic rings. The molecular weight excluding hydrogens is 270 g/mol. The first-order chi connectivity index (χ1) is 10.1. The second kappa shape index (κ2) is 5.31. The maximum Gasteiger partial charge on any atom is 0.298 e. The molecule has 0 aromatic carbocycles. The molecule has 3 rings (SSSR count). The zero-order valence-electron chi connectivity index (χ0n) is 12.2. The van der Waals surface area contributed by atoms with E-state index in [1.54, 1.807) is 6.92 Å². The lowest BCUT2D eigenvalue weighted by atomic mass is 9.82. The molecule has 0 atom stereocenters. The highest BCUT2D eigenvalue weighted by atomic mass is 16.2. The lowest BCUT2D eigenvalue weighted by molar-refractivity contribution is -0.121. The fourth-order valence-corrected chi connectivity index (χ4v) is 2.85.